The molecule has 0 atom stereocenters. The maximum atomic E-state index is 12.4. The molecule has 0 saturated carbocycles. The highest BCUT2D eigenvalue weighted by Crippen LogP contribution is 2.29. The number of carbonyl (C=O) groups excluding carboxylic acids is 1. The number of benzene rings is 1. The first kappa shape index (κ1) is 19.0. The van der Waals surface area contributed by atoms with Gasteiger partial charge in [0.05, 0.1) is 58.1 Å². The molecule has 30 heavy (non-hydrogen) atoms. The van der Waals surface area contributed by atoms with E-state index in [1.807, 2.05) is 48.7 Å². The van der Waals surface area contributed by atoms with E-state index in [2.05, 4.69) is 15.7 Å². The van der Waals surface area contributed by atoms with Crippen LogP contribution in [0.15, 0.2) is 48.0 Å². The van der Waals surface area contributed by atoms with E-state index in [1.165, 1.54) is 11.3 Å². The second-order valence-electron chi connectivity index (χ2n) is 7.07. The predicted molar refractivity (Wildman–Crippen MR) is 118 cm³/mol. The number of carbonyl (C=O) groups is 1. The molecule has 1 aromatic carbocycles. The standard InChI is InChI=1S/C21H18ClN5O2S/c1-12-18(26-17-5-3-2-4-16(17)22)6-13-8-23-27(20(13)24-12)15-7-19(30-11-15)21(28)25-14-9-29-10-14/h2-8,11,14,26H,9-10H2,1H3,(H,25,28). The van der Waals surface area contributed by atoms with Gasteiger partial charge in [-0.05, 0) is 31.2 Å². The van der Waals surface area contributed by atoms with E-state index in [1.54, 1.807) is 10.9 Å². The average Bonchev–Trinajstić information content (AvgIpc) is 3.33. The van der Waals surface area contributed by atoms with Gasteiger partial charge in [0.15, 0.2) is 5.65 Å². The Morgan fingerprint density at radius 1 is 1.27 bits per heavy atom. The number of rotatable bonds is 5. The van der Waals surface area contributed by atoms with Gasteiger partial charge in [0, 0.05) is 10.8 Å². The number of aromatic nitrogens is 3. The number of amides is 1. The maximum Gasteiger partial charge on any atom is 0.261 e. The molecular weight excluding hydrogens is 422 g/mol. The maximum absolute atomic E-state index is 12.4. The first-order valence-electron chi connectivity index (χ1n) is 9.43. The fourth-order valence-electron chi connectivity index (χ4n) is 3.20. The van der Waals surface area contributed by atoms with Gasteiger partial charge < -0.3 is 15.4 Å². The van der Waals surface area contributed by atoms with Crippen molar-refractivity contribution in [1.82, 2.24) is 20.1 Å². The van der Waals surface area contributed by atoms with E-state index in [9.17, 15) is 4.79 Å². The van der Waals surface area contributed by atoms with Gasteiger partial charge in [-0.15, -0.1) is 11.3 Å². The molecule has 4 heterocycles. The smallest absolute Gasteiger partial charge is 0.261 e. The van der Waals surface area contributed by atoms with E-state index in [4.69, 9.17) is 21.3 Å². The quantitative estimate of drug-likeness (QED) is 0.484. The minimum absolute atomic E-state index is 0.0913. The first-order valence-corrected chi connectivity index (χ1v) is 10.7. The number of ether oxygens (including phenoxy) is 1. The van der Waals surface area contributed by atoms with Crippen molar-refractivity contribution in [3.05, 3.63) is 63.6 Å². The SMILES string of the molecule is Cc1nc2c(cnn2-c2csc(C(=O)NC3COC3)c2)cc1Nc1ccccc1Cl. The molecule has 0 unspecified atom stereocenters. The summed E-state index contributed by atoms with van der Waals surface area (Å²) in [5.41, 5.74) is 4.05. The Bertz CT molecular complexity index is 1250. The third kappa shape index (κ3) is 3.54. The lowest BCUT2D eigenvalue weighted by Crippen LogP contribution is -2.48. The van der Waals surface area contributed by atoms with Crippen LogP contribution >= 0.6 is 22.9 Å². The van der Waals surface area contributed by atoms with Gasteiger partial charge in [0.25, 0.3) is 5.91 Å². The average molecular weight is 440 g/mol. The van der Waals surface area contributed by atoms with Crippen molar-refractivity contribution in [2.24, 2.45) is 0 Å². The number of para-hydroxylation sites is 1. The van der Waals surface area contributed by atoms with E-state index in [-0.39, 0.29) is 11.9 Å². The van der Waals surface area contributed by atoms with Crippen molar-refractivity contribution in [2.75, 3.05) is 18.5 Å². The zero-order chi connectivity index (χ0) is 20.7. The molecule has 5 rings (SSSR count). The van der Waals surface area contributed by atoms with Crippen molar-refractivity contribution < 1.29 is 9.53 Å². The summed E-state index contributed by atoms with van der Waals surface area (Å²) < 4.78 is 6.85. The normalized spacial score (nSPS) is 13.9. The number of hydrogen-bond donors (Lipinski definition) is 2. The number of thiophene rings is 1. The van der Waals surface area contributed by atoms with E-state index >= 15 is 0 Å². The van der Waals surface area contributed by atoms with Gasteiger partial charge in [-0.2, -0.15) is 5.10 Å². The second-order valence-corrected chi connectivity index (χ2v) is 8.39. The Hall–Kier alpha value is -2.94. The lowest BCUT2D eigenvalue weighted by atomic mass is 10.2. The molecule has 7 nitrogen and oxygen atoms in total. The molecule has 2 N–H and O–H groups in total. The molecule has 3 aromatic heterocycles. The van der Waals surface area contributed by atoms with Gasteiger partial charge in [-0.3, -0.25) is 4.79 Å². The number of nitrogens with zero attached hydrogens (tertiary/aromatic N) is 3. The molecule has 152 valence electrons. The Labute approximate surface area is 181 Å². The topological polar surface area (TPSA) is 81.1 Å². The summed E-state index contributed by atoms with van der Waals surface area (Å²) in [5, 5.41) is 14.2. The molecule has 0 bridgehead atoms. The number of aryl methyl sites for hydroxylation is 1. The molecule has 1 saturated heterocycles. The van der Waals surface area contributed by atoms with Gasteiger partial charge in [-0.1, -0.05) is 23.7 Å². The van der Waals surface area contributed by atoms with E-state index in [0.29, 0.717) is 23.1 Å². The Kier molecular flexibility index (Phi) is 4.90. The molecular formula is C21H18ClN5O2S. The minimum Gasteiger partial charge on any atom is -0.377 e. The number of fused-ring (bicyclic) bond motifs is 1. The van der Waals surface area contributed by atoms with Crippen LogP contribution in [0.5, 0.6) is 0 Å². The molecule has 9 heteroatoms. The fraction of sp³-hybridized carbons (Fsp3) is 0.190. The summed E-state index contributed by atoms with van der Waals surface area (Å²) in [5.74, 6) is -0.0913. The summed E-state index contributed by atoms with van der Waals surface area (Å²) in [6.07, 6.45) is 1.77. The molecule has 0 aliphatic carbocycles. The number of halogens is 1. The molecule has 1 aliphatic heterocycles. The number of anilines is 2. The molecule has 0 spiro atoms. The van der Waals surface area contributed by atoms with Gasteiger partial charge in [0.2, 0.25) is 0 Å². The first-order chi connectivity index (χ1) is 14.6. The Morgan fingerprint density at radius 2 is 2.10 bits per heavy atom. The van der Waals surface area contributed by atoms with Crippen molar-refractivity contribution in [3.8, 4) is 5.69 Å². The van der Waals surface area contributed by atoms with Crippen molar-refractivity contribution >= 4 is 51.3 Å². The van der Waals surface area contributed by atoms with Gasteiger partial charge in [-0.25, -0.2) is 9.67 Å². The highest BCUT2D eigenvalue weighted by Gasteiger charge is 2.22. The van der Waals surface area contributed by atoms with Gasteiger partial charge in [0.1, 0.15) is 0 Å². The summed E-state index contributed by atoms with van der Waals surface area (Å²) in [6.45, 7) is 3.08. The third-order valence-corrected chi connectivity index (χ3v) is 6.15. The Balaban J connectivity index is 1.43. The molecule has 1 fully saturated rings. The number of pyridine rings is 1. The van der Waals surface area contributed by atoms with E-state index < -0.39 is 0 Å². The number of nitrogens with one attached hydrogen (secondary N) is 2. The van der Waals surface area contributed by atoms with Crippen LogP contribution in [-0.4, -0.2) is 39.9 Å². The van der Waals surface area contributed by atoms with Crippen LogP contribution in [0.3, 0.4) is 0 Å². The summed E-state index contributed by atoms with van der Waals surface area (Å²) in [4.78, 5) is 17.8. The lowest BCUT2D eigenvalue weighted by molar-refractivity contribution is -0.00338. The zero-order valence-corrected chi connectivity index (χ0v) is 17.6. The predicted octanol–water partition coefficient (Wildman–Crippen LogP) is 4.32. The van der Waals surface area contributed by atoms with Crippen LogP contribution < -0.4 is 10.6 Å². The minimum atomic E-state index is -0.0913. The van der Waals surface area contributed by atoms with Crippen molar-refractivity contribution in [3.63, 3.8) is 0 Å². The van der Waals surface area contributed by atoms with Crippen LogP contribution in [-0.2, 0) is 4.74 Å². The van der Waals surface area contributed by atoms with Crippen LogP contribution in [0.25, 0.3) is 16.7 Å². The van der Waals surface area contributed by atoms with Crippen LogP contribution in [0.4, 0.5) is 11.4 Å². The second kappa shape index (κ2) is 7.71. The molecule has 1 aliphatic rings. The lowest BCUT2D eigenvalue weighted by Gasteiger charge is -2.26. The highest BCUT2D eigenvalue weighted by atomic mass is 35.5. The third-order valence-electron chi connectivity index (χ3n) is 4.90. The van der Waals surface area contributed by atoms with E-state index in [0.717, 1.165) is 33.8 Å². The molecule has 1 amide bonds. The highest BCUT2D eigenvalue weighted by molar-refractivity contribution is 7.12. The van der Waals surface area contributed by atoms with Crippen LogP contribution in [0, 0.1) is 6.92 Å². The fourth-order valence-corrected chi connectivity index (χ4v) is 4.16. The molecule has 4 aromatic rings. The summed E-state index contributed by atoms with van der Waals surface area (Å²) in [7, 11) is 0. The largest absolute Gasteiger partial charge is 0.377 e. The summed E-state index contributed by atoms with van der Waals surface area (Å²) >= 11 is 7.65. The monoisotopic (exact) mass is 439 g/mol. The summed E-state index contributed by atoms with van der Waals surface area (Å²) in [6, 6.07) is 11.5. The van der Waals surface area contributed by atoms with Crippen molar-refractivity contribution in [1.29, 1.82) is 0 Å². The van der Waals surface area contributed by atoms with Crippen LogP contribution in [0.1, 0.15) is 15.4 Å². The Morgan fingerprint density at radius 3 is 2.87 bits per heavy atom. The van der Waals surface area contributed by atoms with Crippen LogP contribution in [0.2, 0.25) is 5.02 Å². The zero-order valence-electron chi connectivity index (χ0n) is 16.1. The number of hydrogen-bond acceptors (Lipinski definition) is 6. The van der Waals surface area contributed by atoms with Gasteiger partial charge >= 0.3 is 0 Å². The van der Waals surface area contributed by atoms with Crippen molar-refractivity contribution in [2.45, 2.75) is 13.0 Å². The molecule has 0 radical (unpaired) electrons.